The lowest BCUT2D eigenvalue weighted by atomic mass is 9.78. The molecule has 20 heavy (non-hydrogen) atoms. The molecule has 1 aromatic carbocycles. The molecule has 0 saturated heterocycles. The number of anilines is 1. The van der Waals surface area contributed by atoms with Crippen LogP contribution in [0.25, 0.3) is 11.4 Å². The number of benzene rings is 1. The molecular formula is C15H21N5. The molecule has 2 aromatic rings. The third-order valence-electron chi connectivity index (χ3n) is 4.62. The molecular weight excluding hydrogens is 250 g/mol. The minimum atomic E-state index is 0.380. The molecule has 0 spiro atoms. The molecule has 3 atom stereocenters. The van der Waals surface area contributed by atoms with Gasteiger partial charge in [0.2, 0.25) is 0 Å². The van der Waals surface area contributed by atoms with Crippen LogP contribution in [0.15, 0.2) is 24.3 Å². The summed E-state index contributed by atoms with van der Waals surface area (Å²) < 4.78 is 2.00. The van der Waals surface area contributed by atoms with E-state index in [9.17, 15) is 0 Å². The smallest absolute Gasteiger partial charge is 0.182 e. The number of hydrogen-bond acceptors (Lipinski definition) is 4. The summed E-state index contributed by atoms with van der Waals surface area (Å²) in [5, 5.41) is 12.3. The van der Waals surface area contributed by atoms with E-state index < -0.39 is 0 Å². The topological polar surface area (TPSA) is 69.6 Å². The normalized spacial score (nSPS) is 26.6. The van der Waals surface area contributed by atoms with Gasteiger partial charge >= 0.3 is 0 Å². The van der Waals surface area contributed by atoms with E-state index in [0.29, 0.717) is 17.9 Å². The van der Waals surface area contributed by atoms with Crippen LogP contribution < -0.4 is 5.73 Å². The standard InChI is InChI=1S/C15H21N5/c1-10-5-3-8-14(11(10)2)20-15(17-18-19-20)12-6-4-7-13(16)9-12/h4,6-7,9-11,14H,3,5,8,16H2,1-2H3. The highest BCUT2D eigenvalue weighted by atomic mass is 15.5. The number of nitrogens with zero attached hydrogens (tertiary/aromatic N) is 4. The second kappa shape index (κ2) is 5.23. The predicted molar refractivity (Wildman–Crippen MR) is 78.9 cm³/mol. The van der Waals surface area contributed by atoms with Crippen molar-refractivity contribution in [3.8, 4) is 11.4 Å². The number of tetrazole rings is 1. The second-order valence-corrected chi connectivity index (χ2v) is 5.91. The van der Waals surface area contributed by atoms with E-state index in [4.69, 9.17) is 5.73 Å². The highest BCUT2D eigenvalue weighted by Crippen LogP contribution is 2.38. The van der Waals surface area contributed by atoms with Crippen LogP contribution >= 0.6 is 0 Å². The molecule has 1 heterocycles. The summed E-state index contributed by atoms with van der Waals surface area (Å²) >= 11 is 0. The first kappa shape index (κ1) is 13.1. The number of aromatic nitrogens is 4. The number of hydrogen-bond donors (Lipinski definition) is 1. The lowest BCUT2D eigenvalue weighted by Crippen LogP contribution is -2.28. The number of rotatable bonds is 2. The first-order chi connectivity index (χ1) is 9.66. The van der Waals surface area contributed by atoms with Crippen LogP contribution in [0, 0.1) is 11.8 Å². The molecule has 0 bridgehead atoms. The van der Waals surface area contributed by atoms with Crippen molar-refractivity contribution in [2.24, 2.45) is 11.8 Å². The van der Waals surface area contributed by atoms with E-state index in [1.165, 1.54) is 12.8 Å². The van der Waals surface area contributed by atoms with Crippen molar-refractivity contribution in [2.45, 2.75) is 39.2 Å². The van der Waals surface area contributed by atoms with E-state index in [1.807, 2.05) is 28.9 Å². The maximum atomic E-state index is 5.86. The van der Waals surface area contributed by atoms with Gasteiger partial charge in [-0.3, -0.25) is 0 Å². The highest BCUT2D eigenvalue weighted by molar-refractivity contribution is 5.60. The Kier molecular flexibility index (Phi) is 3.42. The third-order valence-corrected chi connectivity index (χ3v) is 4.62. The molecule has 0 radical (unpaired) electrons. The second-order valence-electron chi connectivity index (χ2n) is 5.91. The first-order valence-electron chi connectivity index (χ1n) is 7.30. The Bertz CT molecular complexity index is 591. The van der Waals surface area contributed by atoms with Crippen LogP contribution in [0.2, 0.25) is 0 Å². The van der Waals surface area contributed by atoms with Gasteiger partial charge in [0.1, 0.15) is 0 Å². The van der Waals surface area contributed by atoms with E-state index in [2.05, 4.69) is 29.4 Å². The maximum Gasteiger partial charge on any atom is 0.182 e. The Morgan fingerprint density at radius 2 is 2.10 bits per heavy atom. The zero-order valence-electron chi connectivity index (χ0n) is 12.0. The largest absolute Gasteiger partial charge is 0.399 e. The minimum Gasteiger partial charge on any atom is -0.399 e. The van der Waals surface area contributed by atoms with Crippen LogP contribution in [0.5, 0.6) is 0 Å². The van der Waals surface area contributed by atoms with Gasteiger partial charge in [0.15, 0.2) is 5.82 Å². The quantitative estimate of drug-likeness (QED) is 0.853. The summed E-state index contributed by atoms with van der Waals surface area (Å²) in [6.07, 6.45) is 3.69. The molecule has 5 nitrogen and oxygen atoms in total. The van der Waals surface area contributed by atoms with E-state index in [0.717, 1.165) is 23.5 Å². The van der Waals surface area contributed by atoms with Crippen molar-refractivity contribution in [1.29, 1.82) is 0 Å². The highest BCUT2D eigenvalue weighted by Gasteiger charge is 2.31. The van der Waals surface area contributed by atoms with E-state index in [-0.39, 0.29) is 0 Å². The zero-order chi connectivity index (χ0) is 14.1. The van der Waals surface area contributed by atoms with Crippen LogP contribution in [0.3, 0.4) is 0 Å². The molecule has 1 aromatic heterocycles. The molecule has 1 saturated carbocycles. The van der Waals surface area contributed by atoms with Gasteiger partial charge in [0.05, 0.1) is 6.04 Å². The van der Waals surface area contributed by atoms with Crippen molar-refractivity contribution < 1.29 is 0 Å². The Morgan fingerprint density at radius 3 is 2.90 bits per heavy atom. The van der Waals surface area contributed by atoms with Gasteiger partial charge in [-0.1, -0.05) is 38.8 Å². The Morgan fingerprint density at radius 1 is 1.25 bits per heavy atom. The zero-order valence-corrected chi connectivity index (χ0v) is 12.0. The first-order valence-corrected chi connectivity index (χ1v) is 7.30. The lowest BCUT2D eigenvalue weighted by Gasteiger charge is -2.34. The van der Waals surface area contributed by atoms with Gasteiger partial charge in [-0.2, -0.15) is 0 Å². The molecule has 106 valence electrons. The van der Waals surface area contributed by atoms with Gasteiger partial charge in [-0.25, -0.2) is 4.68 Å². The van der Waals surface area contributed by atoms with Crippen LogP contribution in [0.4, 0.5) is 5.69 Å². The fourth-order valence-electron chi connectivity index (χ4n) is 3.18. The Hall–Kier alpha value is -1.91. The van der Waals surface area contributed by atoms with E-state index >= 15 is 0 Å². The molecule has 3 rings (SSSR count). The predicted octanol–water partition coefficient (Wildman–Crippen LogP) is 2.92. The summed E-state index contributed by atoms with van der Waals surface area (Å²) in [4.78, 5) is 0. The SMILES string of the molecule is CC1CCCC(n2nnnc2-c2cccc(N)c2)C1C. The van der Waals surface area contributed by atoms with Crippen molar-refractivity contribution in [3.05, 3.63) is 24.3 Å². The number of nitrogens with two attached hydrogens (primary N) is 1. The molecule has 3 unspecified atom stereocenters. The Labute approximate surface area is 119 Å². The summed E-state index contributed by atoms with van der Waals surface area (Å²) in [6, 6.07) is 8.14. The molecule has 0 aliphatic heterocycles. The average molecular weight is 271 g/mol. The minimum absolute atomic E-state index is 0.380. The summed E-state index contributed by atoms with van der Waals surface area (Å²) in [5.74, 6) is 2.13. The molecule has 1 aliphatic rings. The molecule has 0 amide bonds. The summed E-state index contributed by atoms with van der Waals surface area (Å²) in [6.45, 7) is 4.63. The van der Waals surface area contributed by atoms with Gasteiger partial charge in [-0.05, 0) is 40.8 Å². The fraction of sp³-hybridized carbons (Fsp3) is 0.533. The van der Waals surface area contributed by atoms with Crippen molar-refractivity contribution in [3.63, 3.8) is 0 Å². The van der Waals surface area contributed by atoms with Crippen molar-refractivity contribution in [2.75, 3.05) is 5.73 Å². The van der Waals surface area contributed by atoms with Crippen LogP contribution in [-0.4, -0.2) is 20.2 Å². The monoisotopic (exact) mass is 271 g/mol. The lowest BCUT2D eigenvalue weighted by molar-refractivity contribution is 0.174. The van der Waals surface area contributed by atoms with Gasteiger partial charge in [0.25, 0.3) is 0 Å². The third kappa shape index (κ3) is 2.28. The fourth-order valence-corrected chi connectivity index (χ4v) is 3.18. The van der Waals surface area contributed by atoms with Crippen molar-refractivity contribution >= 4 is 5.69 Å². The van der Waals surface area contributed by atoms with Crippen LogP contribution in [-0.2, 0) is 0 Å². The van der Waals surface area contributed by atoms with E-state index in [1.54, 1.807) is 0 Å². The molecule has 1 fully saturated rings. The molecule has 1 aliphatic carbocycles. The summed E-state index contributed by atoms with van der Waals surface area (Å²) in [5.41, 5.74) is 7.59. The van der Waals surface area contributed by atoms with Gasteiger partial charge in [0, 0.05) is 11.3 Å². The Balaban J connectivity index is 1.98. The van der Waals surface area contributed by atoms with Crippen LogP contribution in [0.1, 0.15) is 39.2 Å². The van der Waals surface area contributed by atoms with Crippen molar-refractivity contribution in [1.82, 2.24) is 20.2 Å². The molecule has 2 N–H and O–H groups in total. The maximum absolute atomic E-state index is 5.86. The molecule has 5 heteroatoms. The average Bonchev–Trinajstić information content (AvgIpc) is 2.91. The van der Waals surface area contributed by atoms with Gasteiger partial charge < -0.3 is 5.73 Å². The summed E-state index contributed by atoms with van der Waals surface area (Å²) in [7, 11) is 0. The number of nitrogen functional groups attached to an aromatic ring is 1. The van der Waals surface area contributed by atoms with Gasteiger partial charge in [-0.15, -0.1) is 5.10 Å².